The van der Waals surface area contributed by atoms with E-state index >= 15 is 0 Å². The molecule has 0 bridgehead atoms. The van der Waals surface area contributed by atoms with Crippen molar-refractivity contribution in [3.63, 3.8) is 0 Å². The highest BCUT2D eigenvalue weighted by Gasteiger charge is 2.45. The average Bonchev–Trinajstić information content (AvgIpc) is 3.40. The fourth-order valence-corrected chi connectivity index (χ4v) is 7.34. The van der Waals surface area contributed by atoms with Gasteiger partial charge in [-0.25, -0.2) is 4.79 Å². The van der Waals surface area contributed by atoms with E-state index in [4.69, 9.17) is 14.1 Å². The molecule has 0 saturated carbocycles. The molecule has 5 nitrogen and oxygen atoms in total. The van der Waals surface area contributed by atoms with Crippen LogP contribution in [0, 0.1) is 5.41 Å². The molecule has 6 heteroatoms. The predicted molar refractivity (Wildman–Crippen MR) is 170 cm³/mol. The third kappa shape index (κ3) is 6.55. The lowest BCUT2D eigenvalue weighted by molar-refractivity contribution is 0.0526. The van der Waals surface area contributed by atoms with E-state index in [1.807, 2.05) is 12.1 Å². The van der Waals surface area contributed by atoms with Crippen molar-refractivity contribution in [3.05, 3.63) is 69.5 Å². The number of allylic oxidation sites excluding steroid dienone is 2. The number of hydrogen-bond donors (Lipinski definition) is 1. The molecule has 0 radical (unpaired) electrons. The molecule has 2 aliphatic rings. The number of carbonyl (C=O) groups excluding carboxylic acids is 1. The van der Waals surface area contributed by atoms with Crippen molar-refractivity contribution >= 4 is 19.9 Å². The van der Waals surface area contributed by atoms with Gasteiger partial charge in [0.15, 0.2) is 8.32 Å². The largest absolute Gasteiger partial charge is 0.462 e. The number of aliphatic hydroxyl groups is 1. The zero-order valence-corrected chi connectivity index (χ0v) is 28.0. The summed E-state index contributed by atoms with van der Waals surface area (Å²) >= 11 is 0. The highest BCUT2D eigenvalue weighted by molar-refractivity contribution is 6.74. The Bertz CT molecular complexity index is 1300. The van der Waals surface area contributed by atoms with Crippen LogP contribution in [0.4, 0.5) is 0 Å². The number of fused-ring (bicyclic) bond motifs is 1. The van der Waals surface area contributed by atoms with Crippen molar-refractivity contribution < 1.29 is 19.1 Å². The summed E-state index contributed by atoms with van der Waals surface area (Å²) in [5, 5.41) is 12.2. The van der Waals surface area contributed by atoms with E-state index in [-0.39, 0.29) is 28.4 Å². The first-order chi connectivity index (χ1) is 19.1. The fraction of sp³-hybridized carbons (Fsp3) is 0.600. The normalized spacial score (nSPS) is 19.6. The summed E-state index contributed by atoms with van der Waals surface area (Å²) in [4.78, 5) is 17.7. The molecule has 0 fully saturated rings. The monoisotopic (exact) mass is 577 g/mol. The summed E-state index contributed by atoms with van der Waals surface area (Å²) in [6.45, 7) is 22.7. The van der Waals surface area contributed by atoms with Crippen LogP contribution in [0.25, 0.3) is 5.57 Å². The fourth-order valence-electron chi connectivity index (χ4n) is 6.07. The number of carbonyl (C=O) groups is 1. The van der Waals surface area contributed by atoms with Crippen LogP contribution in [0.3, 0.4) is 0 Å². The minimum absolute atomic E-state index is 0.0612. The summed E-state index contributed by atoms with van der Waals surface area (Å²) < 4.78 is 12.4. The Hall–Kier alpha value is -2.28. The Balaban J connectivity index is 1.95. The number of hydrogen-bond acceptors (Lipinski definition) is 5. The molecule has 2 aromatic rings. The third-order valence-electron chi connectivity index (χ3n) is 9.25. The Morgan fingerprint density at radius 3 is 2.37 bits per heavy atom. The number of rotatable bonds is 8. The molecule has 1 heterocycles. The Labute approximate surface area is 248 Å². The summed E-state index contributed by atoms with van der Waals surface area (Å²) in [5.41, 5.74) is 7.96. The Kier molecular flexibility index (Phi) is 9.09. The van der Waals surface area contributed by atoms with Crippen LogP contribution in [0.2, 0.25) is 18.1 Å². The van der Waals surface area contributed by atoms with Crippen LogP contribution in [0.15, 0.2) is 30.3 Å². The van der Waals surface area contributed by atoms with Crippen molar-refractivity contribution in [2.45, 2.75) is 124 Å². The van der Waals surface area contributed by atoms with E-state index < -0.39 is 14.4 Å². The third-order valence-corrected chi connectivity index (χ3v) is 13.7. The Morgan fingerprint density at radius 1 is 1.17 bits per heavy atom. The van der Waals surface area contributed by atoms with Crippen molar-refractivity contribution in [1.29, 1.82) is 0 Å². The summed E-state index contributed by atoms with van der Waals surface area (Å²) in [6.07, 6.45) is 6.40. The second-order valence-electron chi connectivity index (χ2n) is 14.6. The van der Waals surface area contributed by atoms with E-state index in [1.165, 1.54) is 11.1 Å². The van der Waals surface area contributed by atoms with Crippen LogP contribution >= 0.6 is 0 Å². The molecule has 1 unspecified atom stereocenters. The van der Waals surface area contributed by atoms with Crippen molar-refractivity contribution in [2.75, 3.05) is 6.61 Å². The van der Waals surface area contributed by atoms with Gasteiger partial charge in [-0.3, -0.25) is 4.98 Å². The van der Waals surface area contributed by atoms with Crippen LogP contribution < -0.4 is 0 Å². The lowest BCUT2D eigenvalue weighted by Gasteiger charge is -2.45. The topological polar surface area (TPSA) is 68.7 Å². The van der Waals surface area contributed by atoms with Crippen molar-refractivity contribution in [3.8, 4) is 0 Å². The molecule has 4 rings (SSSR count). The first kappa shape index (κ1) is 31.6. The van der Waals surface area contributed by atoms with Gasteiger partial charge in [-0.1, -0.05) is 66.7 Å². The zero-order chi connectivity index (χ0) is 30.3. The van der Waals surface area contributed by atoms with Gasteiger partial charge in [-0.2, -0.15) is 0 Å². The molecule has 1 aromatic heterocycles. The van der Waals surface area contributed by atoms with Gasteiger partial charge in [0.1, 0.15) is 6.10 Å². The average molecular weight is 578 g/mol. The van der Waals surface area contributed by atoms with Crippen LogP contribution in [-0.4, -0.2) is 31.0 Å². The van der Waals surface area contributed by atoms with Gasteiger partial charge in [0, 0.05) is 22.5 Å². The van der Waals surface area contributed by atoms with Crippen LogP contribution in [0.5, 0.6) is 0 Å². The molecule has 0 aliphatic heterocycles. The van der Waals surface area contributed by atoms with Crippen LogP contribution in [-0.2, 0) is 15.6 Å². The van der Waals surface area contributed by atoms with Gasteiger partial charge < -0.3 is 14.3 Å². The molecule has 41 heavy (non-hydrogen) atoms. The molecule has 1 aromatic carbocycles. The minimum Gasteiger partial charge on any atom is -0.462 e. The van der Waals surface area contributed by atoms with Gasteiger partial charge in [0.2, 0.25) is 0 Å². The summed E-state index contributed by atoms with van der Waals surface area (Å²) in [7, 11) is -2.11. The molecule has 224 valence electrons. The van der Waals surface area contributed by atoms with Gasteiger partial charge in [0.05, 0.1) is 18.3 Å². The summed E-state index contributed by atoms with van der Waals surface area (Å²) in [5.74, 6) is -0.216. The summed E-state index contributed by atoms with van der Waals surface area (Å²) in [6, 6.07) is 7.19. The van der Waals surface area contributed by atoms with Gasteiger partial charge in [-0.05, 0) is 97.3 Å². The number of pyridine rings is 1. The maximum Gasteiger partial charge on any atom is 0.338 e. The first-order valence-corrected chi connectivity index (χ1v) is 18.4. The van der Waals surface area contributed by atoms with Crippen molar-refractivity contribution in [2.24, 2.45) is 5.41 Å². The van der Waals surface area contributed by atoms with Gasteiger partial charge >= 0.3 is 5.97 Å². The minimum atomic E-state index is -2.11. The maximum absolute atomic E-state index is 12.3. The van der Waals surface area contributed by atoms with Gasteiger partial charge in [-0.15, -0.1) is 0 Å². The number of aliphatic hydroxyl groups excluding tert-OH is 1. The molecule has 2 aliphatic carbocycles. The second kappa shape index (κ2) is 11.8. The number of benzene rings is 1. The van der Waals surface area contributed by atoms with Crippen molar-refractivity contribution in [1.82, 2.24) is 4.98 Å². The number of ether oxygens (including phenoxy) is 1. The molecule has 0 saturated heterocycles. The van der Waals surface area contributed by atoms with Crippen LogP contribution in [0.1, 0.15) is 143 Å². The molecule has 0 amide bonds. The van der Waals surface area contributed by atoms with E-state index in [0.717, 1.165) is 60.2 Å². The lowest BCUT2D eigenvalue weighted by atomic mass is 9.71. The predicted octanol–water partition coefficient (Wildman–Crippen LogP) is 9.07. The molecule has 2 atom stereocenters. The second-order valence-corrected chi connectivity index (χ2v) is 19.3. The van der Waals surface area contributed by atoms with E-state index in [9.17, 15) is 9.90 Å². The number of esters is 1. The van der Waals surface area contributed by atoms with E-state index in [0.29, 0.717) is 12.2 Å². The molecular weight excluding hydrogens is 526 g/mol. The standard InChI is InChI=1S/C35H51NO4Si/c1-11-39-33(38)25-18-16-24(17-19-25)32(37)30-28(23-14-12-13-15-23)29-26(36-31(30)22(2)3)20-35(7,8)21-27(29)40-41(9,10)34(4,5)6/h14,16-19,22,27,32,37H,11-13,15,20-21H2,1-10H3/t27?,32-/m0/s1. The molecular formula is C35H51NO4Si. The lowest BCUT2D eigenvalue weighted by Crippen LogP contribution is -2.44. The smallest absolute Gasteiger partial charge is 0.338 e. The Morgan fingerprint density at radius 2 is 1.83 bits per heavy atom. The molecule has 0 spiro atoms. The number of nitrogens with zero attached hydrogens (tertiary/aromatic N) is 1. The zero-order valence-electron chi connectivity index (χ0n) is 27.0. The maximum atomic E-state index is 12.3. The first-order valence-electron chi connectivity index (χ1n) is 15.4. The quantitative estimate of drug-likeness (QED) is 0.250. The van der Waals surface area contributed by atoms with E-state index in [1.54, 1.807) is 19.1 Å². The SMILES string of the molecule is CCOC(=O)c1ccc([C@H](O)c2c(C(C)C)nc3c(c2C2=CCCC2)C(O[Si](C)(C)C(C)(C)C)CC(C)(C)C3)cc1. The molecule has 1 N–H and O–H groups in total. The number of aromatic nitrogens is 1. The highest BCUT2D eigenvalue weighted by atomic mass is 28.4. The highest BCUT2D eigenvalue weighted by Crippen LogP contribution is 2.52. The van der Waals surface area contributed by atoms with Gasteiger partial charge in [0.25, 0.3) is 0 Å². The van der Waals surface area contributed by atoms with E-state index in [2.05, 4.69) is 67.6 Å².